The van der Waals surface area contributed by atoms with Gasteiger partial charge >= 0.3 is 0 Å². The molecule has 2 heterocycles. The second-order valence-corrected chi connectivity index (χ2v) is 5.32. The molecule has 0 aromatic carbocycles. The first-order valence-electron chi connectivity index (χ1n) is 6.83. The highest BCUT2D eigenvalue weighted by molar-refractivity contribution is 5.64. The largest absolute Gasteiger partial charge is 0.352 e. The number of nitrogens with zero attached hydrogens (tertiary/aromatic N) is 5. The van der Waals surface area contributed by atoms with Crippen molar-refractivity contribution >= 4 is 11.5 Å². The summed E-state index contributed by atoms with van der Waals surface area (Å²) in [5, 5.41) is 8.35. The van der Waals surface area contributed by atoms with E-state index in [2.05, 4.69) is 27.1 Å². The van der Waals surface area contributed by atoms with Crippen LogP contribution in [0.5, 0.6) is 0 Å². The van der Waals surface area contributed by atoms with E-state index in [1.807, 2.05) is 17.5 Å². The highest BCUT2D eigenvalue weighted by Gasteiger charge is 2.27. The molecule has 0 spiro atoms. The van der Waals surface area contributed by atoms with Crippen LogP contribution in [-0.2, 0) is 0 Å². The number of nitrogens with two attached hydrogens (primary N) is 1. The lowest BCUT2D eigenvalue weighted by atomic mass is 9.90. The molecule has 2 unspecified atom stereocenters. The van der Waals surface area contributed by atoms with E-state index in [0.717, 1.165) is 30.1 Å². The van der Waals surface area contributed by atoms with E-state index in [-0.39, 0.29) is 6.04 Å². The van der Waals surface area contributed by atoms with Gasteiger partial charge in [0.1, 0.15) is 5.82 Å². The van der Waals surface area contributed by atoms with Crippen molar-refractivity contribution < 1.29 is 0 Å². The molecular weight excluding hydrogens is 240 g/mol. The predicted molar refractivity (Wildman–Crippen MR) is 74.2 cm³/mol. The summed E-state index contributed by atoms with van der Waals surface area (Å²) >= 11 is 0. The molecule has 0 aliphatic heterocycles. The van der Waals surface area contributed by atoms with Gasteiger partial charge in [0.25, 0.3) is 0 Å². The summed E-state index contributed by atoms with van der Waals surface area (Å²) in [6, 6.07) is 0.550. The Morgan fingerprint density at radius 1 is 1.32 bits per heavy atom. The van der Waals surface area contributed by atoms with E-state index in [0.29, 0.717) is 6.04 Å². The molecular formula is C13H20N6. The van der Waals surface area contributed by atoms with Crippen molar-refractivity contribution in [2.75, 3.05) is 11.9 Å². The molecule has 2 N–H and O–H groups in total. The van der Waals surface area contributed by atoms with Crippen LogP contribution in [0.2, 0.25) is 0 Å². The van der Waals surface area contributed by atoms with Crippen molar-refractivity contribution in [1.29, 1.82) is 0 Å². The maximum atomic E-state index is 6.25. The van der Waals surface area contributed by atoms with Crippen LogP contribution in [0.3, 0.4) is 0 Å². The number of rotatable bonds is 2. The van der Waals surface area contributed by atoms with Crippen LogP contribution in [0.15, 0.2) is 12.4 Å². The SMILES string of the molecule is Cc1nnc2c(N(C)C3CCCCC3N)nccn12. The minimum Gasteiger partial charge on any atom is -0.352 e. The average molecular weight is 260 g/mol. The van der Waals surface area contributed by atoms with Crippen LogP contribution in [0.4, 0.5) is 5.82 Å². The zero-order chi connectivity index (χ0) is 13.4. The van der Waals surface area contributed by atoms with Crippen molar-refractivity contribution in [2.45, 2.75) is 44.7 Å². The first-order chi connectivity index (χ1) is 9.18. The highest BCUT2D eigenvalue weighted by atomic mass is 15.3. The Hall–Kier alpha value is -1.69. The molecule has 0 bridgehead atoms. The van der Waals surface area contributed by atoms with E-state index in [1.165, 1.54) is 12.8 Å². The van der Waals surface area contributed by atoms with Gasteiger partial charge in [0.05, 0.1) is 0 Å². The quantitative estimate of drug-likeness (QED) is 0.876. The lowest BCUT2D eigenvalue weighted by molar-refractivity contribution is 0.372. The van der Waals surface area contributed by atoms with E-state index in [9.17, 15) is 0 Å². The van der Waals surface area contributed by atoms with Gasteiger partial charge in [-0.1, -0.05) is 12.8 Å². The predicted octanol–water partition coefficient (Wildman–Crippen LogP) is 1.14. The van der Waals surface area contributed by atoms with Crippen molar-refractivity contribution in [3.05, 3.63) is 18.2 Å². The summed E-state index contributed by atoms with van der Waals surface area (Å²) in [6.45, 7) is 1.94. The molecule has 3 rings (SSSR count). The maximum absolute atomic E-state index is 6.25. The number of fused-ring (bicyclic) bond motifs is 1. The van der Waals surface area contributed by atoms with Crippen molar-refractivity contribution in [2.24, 2.45) is 5.73 Å². The van der Waals surface area contributed by atoms with Crippen LogP contribution in [-0.4, -0.2) is 38.7 Å². The molecule has 0 amide bonds. The minimum absolute atomic E-state index is 0.213. The standard InChI is InChI=1S/C13H20N6/c1-9-16-17-13-12(15-7-8-19(9)13)18(2)11-6-4-3-5-10(11)14/h7-8,10-11H,3-6,14H2,1-2H3. The molecule has 2 aromatic heterocycles. The zero-order valence-corrected chi connectivity index (χ0v) is 11.5. The number of anilines is 1. The third kappa shape index (κ3) is 2.06. The lowest BCUT2D eigenvalue weighted by Gasteiger charge is -2.36. The molecule has 1 saturated carbocycles. The van der Waals surface area contributed by atoms with Crippen LogP contribution in [0, 0.1) is 6.92 Å². The molecule has 6 heteroatoms. The third-order valence-corrected chi connectivity index (χ3v) is 4.09. The number of aromatic nitrogens is 4. The van der Waals surface area contributed by atoms with E-state index in [1.54, 1.807) is 6.20 Å². The summed E-state index contributed by atoms with van der Waals surface area (Å²) in [5.74, 6) is 1.74. The number of hydrogen-bond donors (Lipinski definition) is 1. The summed E-state index contributed by atoms with van der Waals surface area (Å²) in [4.78, 5) is 6.65. The van der Waals surface area contributed by atoms with Crippen molar-refractivity contribution in [3.8, 4) is 0 Å². The van der Waals surface area contributed by atoms with Gasteiger partial charge in [-0.25, -0.2) is 4.98 Å². The number of aryl methyl sites for hydroxylation is 1. The maximum Gasteiger partial charge on any atom is 0.203 e. The van der Waals surface area contributed by atoms with Crippen LogP contribution < -0.4 is 10.6 Å². The fraction of sp³-hybridized carbons (Fsp3) is 0.615. The van der Waals surface area contributed by atoms with Gasteiger partial charge in [-0.05, 0) is 19.8 Å². The Balaban J connectivity index is 1.99. The highest BCUT2D eigenvalue weighted by Crippen LogP contribution is 2.26. The topological polar surface area (TPSA) is 72.3 Å². The van der Waals surface area contributed by atoms with Crippen LogP contribution in [0.25, 0.3) is 5.65 Å². The van der Waals surface area contributed by atoms with Gasteiger partial charge in [-0.3, -0.25) is 4.40 Å². The first kappa shape index (κ1) is 12.3. The van der Waals surface area contributed by atoms with E-state index in [4.69, 9.17) is 5.73 Å². The monoisotopic (exact) mass is 260 g/mol. The Kier molecular flexibility index (Phi) is 3.10. The molecule has 0 radical (unpaired) electrons. The van der Waals surface area contributed by atoms with Gasteiger partial charge in [0, 0.05) is 31.5 Å². The number of likely N-dealkylation sites (N-methyl/N-ethyl adjacent to an activating group) is 1. The molecule has 1 aliphatic carbocycles. The van der Waals surface area contributed by atoms with Crippen LogP contribution in [0.1, 0.15) is 31.5 Å². The fourth-order valence-electron chi connectivity index (χ4n) is 2.96. The molecule has 19 heavy (non-hydrogen) atoms. The second kappa shape index (κ2) is 4.77. The molecule has 102 valence electrons. The molecule has 2 atom stereocenters. The van der Waals surface area contributed by atoms with Gasteiger partial charge in [-0.15, -0.1) is 10.2 Å². The second-order valence-electron chi connectivity index (χ2n) is 5.32. The van der Waals surface area contributed by atoms with E-state index < -0.39 is 0 Å². The summed E-state index contributed by atoms with van der Waals surface area (Å²) in [7, 11) is 2.06. The molecule has 6 nitrogen and oxygen atoms in total. The average Bonchev–Trinajstić information content (AvgIpc) is 2.80. The van der Waals surface area contributed by atoms with E-state index >= 15 is 0 Å². The van der Waals surface area contributed by atoms with Gasteiger partial charge in [0.2, 0.25) is 5.65 Å². The summed E-state index contributed by atoms with van der Waals surface area (Å²) in [5.41, 5.74) is 7.06. The summed E-state index contributed by atoms with van der Waals surface area (Å²) < 4.78 is 1.97. The molecule has 1 aliphatic rings. The summed E-state index contributed by atoms with van der Waals surface area (Å²) in [6.07, 6.45) is 8.36. The smallest absolute Gasteiger partial charge is 0.203 e. The van der Waals surface area contributed by atoms with Gasteiger partial charge in [0.15, 0.2) is 5.82 Å². The number of hydrogen-bond acceptors (Lipinski definition) is 5. The lowest BCUT2D eigenvalue weighted by Crippen LogP contribution is -2.48. The molecule has 1 fully saturated rings. The Bertz CT molecular complexity index is 578. The van der Waals surface area contributed by atoms with Crippen molar-refractivity contribution in [1.82, 2.24) is 19.6 Å². The Morgan fingerprint density at radius 2 is 2.11 bits per heavy atom. The first-order valence-corrected chi connectivity index (χ1v) is 6.83. The van der Waals surface area contributed by atoms with Gasteiger partial charge in [-0.2, -0.15) is 0 Å². The third-order valence-electron chi connectivity index (χ3n) is 4.09. The fourth-order valence-corrected chi connectivity index (χ4v) is 2.96. The molecule has 2 aromatic rings. The normalized spacial score (nSPS) is 23.7. The zero-order valence-electron chi connectivity index (χ0n) is 11.5. The Morgan fingerprint density at radius 3 is 2.89 bits per heavy atom. The van der Waals surface area contributed by atoms with Crippen LogP contribution >= 0.6 is 0 Å². The minimum atomic E-state index is 0.213. The van der Waals surface area contributed by atoms with Gasteiger partial charge < -0.3 is 10.6 Å². The molecule has 0 saturated heterocycles. The Labute approximate surface area is 112 Å². The van der Waals surface area contributed by atoms with Crippen molar-refractivity contribution in [3.63, 3.8) is 0 Å².